The smallest absolute Gasteiger partial charge is 0.166 e. The Morgan fingerprint density at radius 1 is 0.800 bits per heavy atom. The number of carbonyl (C=O) groups excluding carboxylic acids is 1. The van der Waals surface area contributed by atoms with E-state index in [1.807, 2.05) is 12.1 Å². The van der Waals surface area contributed by atoms with Crippen molar-refractivity contribution >= 4 is 5.78 Å². The number of ketones is 1. The van der Waals surface area contributed by atoms with Crippen LogP contribution in [0.25, 0.3) is 0 Å². The van der Waals surface area contributed by atoms with Gasteiger partial charge in [-0.2, -0.15) is 0 Å². The summed E-state index contributed by atoms with van der Waals surface area (Å²) in [6, 6.07) is 5.58. The summed E-state index contributed by atoms with van der Waals surface area (Å²) in [5.41, 5.74) is 1.71. The molecular formula is C23H38O2. The molecule has 0 aliphatic heterocycles. The Balaban J connectivity index is 2.35. The molecule has 0 amide bonds. The lowest BCUT2D eigenvalue weighted by molar-refractivity contribution is 0.0976. The second-order valence-electron chi connectivity index (χ2n) is 7.31. The van der Waals surface area contributed by atoms with Gasteiger partial charge in [0, 0.05) is 6.42 Å². The third-order valence-electron chi connectivity index (χ3n) is 4.94. The zero-order chi connectivity index (χ0) is 18.3. The highest BCUT2D eigenvalue weighted by Gasteiger charge is 2.11. The van der Waals surface area contributed by atoms with Crippen molar-refractivity contribution in [1.82, 2.24) is 0 Å². The fourth-order valence-electron chi connectivity index (χ4n) is 3.27. The van der Waals surface area contributed by atoms with E-state index in [9.17, 15) is 9.90 Å². The molecule has 1 aromatic carbocycles. The van der Waals surface area contributed by atoms with Crippen molar-refractivity contribution in [2.75, 3.05) is 0 Å². The summed E-state index contributed by atoms with van der Waals surface area (Å²) in [6.07, 6.45) is 16.3. The van der Waals surface area contributed by atoms with E-state index in [1.165, 1.54) is 69.8 Å². The van der Waals surface area contributed by atoms with Crippen LogP contribution in [0, 0.1) is 0 Å². The van der Waals surface area contributed by atoms with Crippen molar-refractivity contribution in [3.05, 3.63) is 29.3 Å². The fraction of sp³-hybridized carbons (Fsp3) is 0.696. The third kappa shape index (κ3) is 9.67. The SMILES string of the molecule is CCCCCCCCCc1ccc(O)c(C(=O)CCCCCCC)c1. The van der Waals surface area contributed by atoms with E-state index in [0.717, 1.165) is 19.3 Å². The van der Waals surface area contributed by atoms with Gasteiger partial charge in [0.1, 0.15) is 5.75 Å². The zero-order valence-corrected chi connectivity index (χ0v) is 16.5. The number of Topliss-reactive ketones (excluding diaryl/α,β-unsaturated/α-hetero) is 1. The molecule has 142 valence electrons. The van der Waals surface area contributed by atoms with Crippen LogP contribution >= 0.6 is 0 Å². The molecule has 0 radical (unpaired) electrons. The molecule has 25 heavy (non-hydrogen) atoms. The number of benzene rings is 1. The van der Waals surface area contributed by atoms with Crippen molar-refractivity contribution < 1.29 is 9.90 Å². The summed E-state index contributed by atoms with van der Waals surface area (Å²) in [6.45, 7) is 4.44. The number of rotatable bonds is 15. The van der Waals surface area contributed by atoms with Crippen LogP contribution in [0.5, 0.6) is 5.75 Å². The van der Waals surface area contributed by atoms with Crippen molar-refractivity contribution in [2.24, 2.45) is 0 Å². The van der Waals surface area contributed by atoms with Crippen LogP contribution in [0.4, 0.5) is 0 Å². The molecule has 0 aliphatic carbocycles. The summed E-state index contributed by atoms with van der Waals surface area (Å²) in [5, 5.41) is 10.0. The minimum Gasteiger partial charge on any atom is -0.507 e. The van der Waals surface area contributed by atoms with Gasteiger partial charge in [0.2, 0.25) is 0 Å². The van der Waals surface area contributed by atoms with Crippen molar-refractivity contribution in [3.8, 4) is 5.75 Å². The maximum Gasteiger partial charge on any atom is 0.166 e. The van der Waals surface area contributed by atoms with Gasteiger partial charge >= 0.3 is 0 Å². The predicted molar refractivity (Wildman–Crippen MR) is 108 cm³/mol. The van der Waals surface area contributed by atoms with Crippen molar-refractivity contribution in [2.45, 2.75) is 104 Å². The first-order chi connectivity index (χ1) is 12.2. The average molecular weight is 347 g/mol. The first-order valence-corrected chi connectivity index (χ1v) is 10.5. The molecule has 0 fully saturated rings. The van der Waals surface area contributed by atoms with E-state index in [0.29, 0.717) is 12.0 Å². The molecule has 1 rings (SSSR count). The van der Waals surface area contributed by atoms with Crippen LogP contribution < -0.4 is 0 Å². The molecule has 0 saturated heterocycles. The summed E-state index contributed by atoms with van der Waals surface area (Å²) < 4.78 is 0. The molecule has 0 heterocycles. The van der Waals surface area contributed by atoms with Gasteiger partial charge in [-0.3, -0.25) is 4.79 Å². The van der Waals surface area contributed by atoms with Gasteiger partial charge in [-0.25, -0.2) is 0 Å². The van der Waals surface area contributed by atoms with E-state index in [1.54, 1.807) is 6.07 Å². The summed E-state index contributed by atoms with van der Waals surface area (Å²) in [5.74, 6) is 0.234. The molecule has 0 atom stereocenters. The maximum atomic E-state index is 12.4. The molecule has 2 heteroatoms. The number of hydrogen-bond acceptors (Lipinski definition) is 2. The van der Waals surface area contributed by atoms with Gasteiger partial charge < -0.3 is 5.11 Å². The van der Waals surface area contributed by atoms with Crippen LogP contribution in [0.15, 0.2) is 18.2 Å². The maximum absolute atomic E-state index is 12.4. The highest BCUT2D eigenvalue weighted by molar-refractivity contribution is 5.98. The number of unbranched alkanes of at least 4 members (excludes halogenated alkanes) is 10. The highest BCUT2D eigenvalue weighted by atomic mass is 16.3. The number of hydrogen-bond donors (Lipinski definition) is 1. The largest absolute Gasteiger partial charge is 0.507 e. The van der Waals surface area contributed by atoms with Crippen molar-refractivity contribution in [1.29, 1.82) is 0 Å². The molecule has 0 bridgehead atoms. The van der Waals surface area contributed by atoms with Crippen molar-refractivity contribution in [3.63, 3.8) is 0 Å². The molecule has 0 aliphatic rings. The Morgan fingerprint density at radius 2 is 1.36 bits per heavy atom. The molecule has 2 nitrogen and oxygen atoms in total. The fourth-order valence-corrected chi connectivity index (χ4v) is 3.27. The summed E-state index contributed by atoms with van der Waals surface area (Å²) >= 11 is 0. The Bertz CT molecular complexity index is 479. The predicted octanol–water partition coefficient (Wildman–Crippen LogP) is 7.23. The summed E-state index contributed by atoms with van der Waals surface area (Å²) in [7, 11) is 0. The zero-order valence-electron chi connectivity index (χ0n) is 16.5. The van der Waals surface area contributed by atoms with Gasteiger partial charge in [0.15, 0.2) is 5.78 Å². The Morgan fingerprint density at radius 3 is 2.00 bits per heavy atom. The molecule has 0 saturated carbocycles. The lowest BCUT2D eigenvalue weighted by Gasteiger charge is -2.08. The van der Waals surface area contributed by atoms with Crippen LogP contribution in [0.1, 0.15) is 113 Å². The third-order valence-corrected chi connectivity index (χ3v) is 4.94. The van der Waals surface area contributed by atoms with E-state index in [2.05, 4.69) is 13.8 Å². The minimum atomic E-state index is 0.0930. The normalized spacial score (nSPS) is 11.0. The molecule has 0 aromatic heterocycles. The van der Waals surface area contributed by atoms with E-state index >= 15 is 0 Å². The van der Waals surface area contributed by atoms with Gasteiger partial charge in [-0.05, 0) is 37.0 Å². The van der Waals surface area contributed by atoms with Gasteiger partial charge in [-0.15, -0.1) is 0 Å². The van der Waals surface area contributed by atoms with Crippen LogP contribution in [0.3, 0.4) is 0 Å². The Hall–Kier alpha value is -1.31. The topological polar surface area (TPSA) is 37.3 Å². The van der Waals surface area contributed by atoms with Gasteiger partial charge in [0.25, 0.3) is 0 Å². The second-order valence-corrected chi connectivity index (χ2v) is 7.31. The Kier molecular flexibility index (Phi) is 12.1. The van der Waals surface area contributed by atoms with E-state index < -0.39 is 0 Å². The number of phenolic OH excluding ortho intramolecular Hbond substituents is 1. The Labute approximate surface area is 155 Å². The van der Waals surface area contributed by atoms with Crippen LogP contribution in [0.2, 0.25) is 0 Å². The van der Waals surface area contributed by atoms with Crippen LogP contribution in [-0.4, -0.2) is 10.9 Å². The van der Waals surface area contributed by atoms with E-state index in [4.69, 9.17) is 0 Å². The molecule has 1 N–H and O–H groups in total. The van der Waals surface area contributed by atoms with Gasteiger partial charge in [-0.1, -0.05) is 84.1 Å². The molecule has 1 aromatic rings. The number of phenols is 1. The molecular weight excluding hydrogens is 308 g/mol. The molecule has 0 unspecified atom stereocenters. The quantitative estimate of drug-likeness (QED) is 0.269. The monoisotopic (exact) mass is 346 g/mol. The highest BCUT2D eigenvalue weighted by Crippen LogP contribution is 2.22. The van der Waals surface area contributed by atoms with Crippen LogP contribution in [-0.2, 0) is 6.42 Å². The van der Waals surface area contributed by atoms with E-state index in [-0.39, 0.29) is 11.5 Å². The first kappa shape index (κ1) is 21.7. The average Bonchev–Trinajstić information content (AvgIpc) is 2.62. The minimum absolute atomic E-state index is 0.0930. The number of carbonyl (C=O) groups is 1. The summed E-state index contributed by atoms with van der Waals surface area (Å²) in [4.78, 5) is 12.4. The number of aromatic hydroxyl groups is 1. The lowest BCUT2D eigenvalue weighted by atomic mass is 9.98. The standard InChI is InChI=1S/C23H38O2/c1-3-5-7-9-10-12-13-15-20-17-18-23(25)21(19-20)22(24)16-14-11-8-6-4-2/h17-19,25H,3-16H2,1-2H3. The van der Waals surface area contributed by atoms with Gasteiger partial charge in [0.05, 0.1) is 5.56 Å². The second kappa shape index (κ2) is 13.9. The number of aryl methyl sites for hydroxylation is 1. The first-order valence-electron chi connectivity index (χ1n) is 10.5. The lowest BCUT2D eigenvalue weighted by Crippen LogP contribution is -2.01. The molecule has 0 spiro atoms.